The monoisotopic (exact) mass is 542 g/mol. The lowest BCUT2D eigenvalue weighted by molar-refractivity contribution is 0.0408. The van der Waals surface area contributed by atoms with E-state index in [0.29, 0.717) is 36.7 Å². The van der Waals surface area contributed by atoms with Crippen LogP contribution in [-0.4, -0.2) is 70.3 Å². The molecule has 1 fully saturated rings. The van der Waals surface area contributed by atoms with Gasteiger partial charge in [-0.15, -0.1) is 0 Å². The van der Waals surface area contributed by atoms with Crippen LogP contribution in [0, 0.1) is 0 Å². The van der Waals surface area contributed by atoms with Gasteiger partial charge in [0.1, 0.15) is 11.3 Å². The fraction of sp³-hybridized carbons (Fsp3) is 0.406. The van der Waals surface area contributed by atoms with Crippen molar-refractivity contribution in [2.75, 3.05) is 26.7 Å². The predicted octanol–water partition coefficient (Wildman–Crippen LogP) is 5.34. The Labute approximate surface area is 236 Å². The van der Waals surface area contributed by atoms with E-state index in [1.54, 1.807) is 9.80 Å². The zero-order chi connectivity index (χ0) is 29.2. The van der Waals surface area contributed by atoms with Crippen LogP contribution in [0.1, 0.15) is 89.9 Å². The second-order valence-corrected chi connectivity index (χ2v) is 11.6. The molecular weight excluding hydrogens is 504 g/mol. The van der Waals surface area contributed by atoms with Crippen LogP contribution in [-0.2, 0) is 10.2 Å². The molecule has 0 N–H and O–H groups in total. The zero-order valence-electron chi connectivity index (χ0n) is 24.4. The first-order valence-electron chi connectivity index (χ1n) is 13.7. The SMILES string of the molecule is COC(=O)c1c(C(=O)N2CCN(C(=O)c3ccc(C(C)(C)C)cc3)C(C)C2)nc(-c2ccccc2)nc1C(C)C. The Bertz CT molecular complexity index is 1390. The largest absolute Gasteiger partial charge is 0.465 e. The number of esters is 1. The number of aromatic nitrogens is 2. The lowest BCUT2D eigenvalue weighted by Gasteiger charge is -2.40. The molecule has 0 saturated carbocycles. The zero-order valence-corrected chi connectivity index (χ0v) is 24.4. The van der Waals surface area contributed by atoms with E-state index in [1.165, 1.54) is 7.11 Å². The number of piperazine rings is 1. The van der Waals surface area contributed by atoms with E-state index in [-0.39, 0.29) is 40.4 Å². The topological polar surface area (TPSA) is 92.7 Å². The minimum Gasteiger partial charge on any atom is -0.465 e. The third-order valence-electron chi connectivity index (χ3n) is 7.28. The van der Waals surface area contributed by atoms with Crippen molar-refractivity contribution in [2.24, 2.45) is 0 Å². The molecule has 0 spiro atoms. The quantitative estimate of drug-likeness (QED) is 0.404. The van der Waals surface area contributed by atoms with Gasteiger partial charge in [-0.25, -0.2) is 14.8 Å². The summed E-state index contributed by atoms with van der Waals surface area (Å²) in [5.74, 6) is -0.863. The van der Waals surface area contributed by atoms with Crippen LogP contribution in [0.25, 0.3) is 11.4 Å². The molecule has 1 aliphatic heterocycles. The van der Waals surface area contributed by atoms with Crippen molar-refractivity contribution in [3.63, 3.8) is 0 Å². The van der Waals surface area contributed by atoms with Crippen LogP contribution in [0.2, 0.25) is 0 Å². The van der Waals surface area contributed by atoms with Crippen molar-refractivity contribution >= 4 is 17.8 Å². The highest BCUT2D eigenvalue weighted by molar-refractivity contribution is 6.05. The summed E-state index contributed by atoms with van der Waals surface area (Å²) in [5, 5.41) is 0. The van der Waals surface area contributed by atoms with Gasteiger partial charge in [-0.2, -0.15) is 0 Å². The molecule has 1 unspecified atom stereocenters. The number of nitrogens with zero attached hydrogens (tertiary/aromatic N) is 4. The van der Waals surface area contributed by atoms with Gasteiger partial charge in [0.25, 0.3) is 11.8 Å². The van der Waals surface area contributed by atoms with E-state index in [2.05, 4.69) is 30.7 Å². The van der Waals surface area contributed by atoms with Crippen molar-refractivity contribution in [3.05, 3.63) is 82.7 Å². The van der Waals surface area contributed by atoms with Gasteiger partial charge in [0.05, 0.1) is 12.8 Å². The number of hydrogen-bond donors (Lipinski definition) is 0. The van der Waals surface area contributed by atoms with Gasteiger partial charge in [0.15, 0.2) is 5.82 Å². The number of hydrogen-bond acceptors (Lipinski definition) is 6. The summed E-state index contributed by atoms with van der Waals surface area (Å²) >= 11 is 0. The van der Waals surface area contributed by atoms with E-state index < -0.39 is 5.97 Å². The van der Waals surface area contributed by atoms with Crippen LogP contribution < -0.4 is 0 Å². The average molecular weight is 543 g/mol. The molecular formula is C32H38N4O4. The summed E-state index contributed by atoms with van der Waals surface area (Å²) in [4.78, 5) is 53.0. The van der Waals surface area contributed by atoms with Crippen LogP contribution in [0.4, 0.5) is 0 Å². The summed E-state index contributed by atoms with van der Waals surface area (Å²) in [7, 11) is 1.28. The maximum Gasteiger partial charge on any atom is 0.342 e. The minimum absolute atomic E-state index is 0.000708. The molecule has 40 heavy (non-hydrogen) atoms. The number of carbonyl (C=O) groups is 3. The Morgan fingerprint density at radius 3 is 2.12 bits per heavy atom. The van der Waals surface area contributed by atoms with Crippen LogP contribution in [0.3, 0.4) is 0 Å². The van der Waals surface area contributed by atoms with Gasteiger partial charge >= 0.3 is 5.97 Å². The summed E-state index contributed by atoms with van der Waals surface area (Å²) in [5.41, 5.74) is 3.11. The standard InChI is InChI=1S/C32H38N4O4/c1-20(2)26-25(31(39)40-7)27(34-28(33-26)22-11-9-8-10-12-22)30(38)35-17-18-36(21(3)19-35)29(37)23-13-15-24(16-14-23)32(4,5)6/h8-16,20-21H,17-19H2,1-7H3. The van der Waals surface area contributed by atoms with Gasteiger partial charge in [-0.3, -0.25) is 9.59 Å². The van der Waals surface area contributed by atoms with Crippen molar-refractivity contribution in [1.29, 1.82) is 0 Å². The Kier molecular flexibility index (Phi) is 8.37. The fourth-order valence-electron chi connectivity index (χ4n) is 4.94. The van der Waals surface area contributed by atoms with Crippen LogP contribution in [0.5, 0.6) is 0 Å². The van der Waals surface area contributed by atoms with Crippen molar-refractivity contribution in [3.8, 4) is 11.4 Å². The van der Waals surface area contributed by atoms with Gasteiger partial charge in [-0.05, 0) is 36.0 Å². The van der Waals surface area contributed by atoms with Crippen molar-refractivity contribution in [2.45, 2.75) is 58.9 Å². The molecule has 4 rings (SSSR count). The molecule has 1 aliphatic rings. The molecule has 1 atom stereocenters. The molecule has 8 heteroatoms. The van der Waals surface area contributed by atoms with Crippen molar-refractivity contribution in [1.82, 2.24) is 19.8 Å². The third-order valence-corrected chi connectivity index (χ3v) is 7.28. The molecule has 0 bridgehead atoms. The maximum absolute atomic E-state index is 13.9. The highest BCUT2D eigenvalue weighted by atomic mass is 16.5. The summed E-state index contributed by atoms with van der Waals surface area (Å²) in [6.45, 7) is 13.2. The number of amides is 2. The smallest absolute Gasteiger partial charge is 0.342 e. The van der Waals surface area contributed by atoms with E-state index in [0.717, 1.165) is 11.1 Å². The van der Waals surface area contributed by atoms with E-state index >= 15 is 0 Å². The Balaban J connectivity index is 1.62. The molecule has 1 aromatic heterocycles. The third kappa shape index (κ3) is 5.91. The van der Waals surface area contributed by atoms with Gasteiger partial charge in [0, 0.05) is 36.8 Å². The van der Waals surface area contributed by atoms with Gasteiger partial charge in [-0.1, -0.05) is 77.1 Å². The molecule has 3 aromatic rings. The number of carbonyl (C=O) groups excluding carboxylic acids is 3. The fourth-order valence-corrected chi connectivity index (χ4v) is 4.94. The predicted molar refractivity (Wildman–Crippen MR) is 154 cm³/mol. The molecule has 1 saturated heterocycles. The highest BCUT2D eigenvalue weighted by Crippen LogP contribution is 2.27. The summed E-state index contributed by atoms with van der Waals surface area (Å²) < 4.78 is 5.06. The van der Waals surface area contributed by atoms with Crippen molar-refractivity contribution < 1.29 is 19.1 Å². The molecule has 0 aliphatic carbocycles. The number of methoxy groups -OCH3 is 1. The van der Waals surface area contributed by atoms with Crippen LogP contribution >= 0.6 is 0 Å². The Morgan fingerprint density at radius 2 is 1.57 bits per heavy atom. The molecule has 2 heterocycles. The second-order valence-electron chi connectivity index (χ2n) is 11.6. The molecule has 2 amide bonds. The van der Waals surface area contributed by atoms with Crippen LogP contribution in [0.15, 0.2) is 54.6 Å². The minimum atomic E-state index is -0.646. The number of benzene rings is 2. The number of rotatable bonds is 5. The van der Waals surface area contributed by atoms with E-state index in [9.17, 15) is 14.4 Å². The van der Waals surface area contributed by atoms with E-state index in [1.807, 2.05) is 75.4 Å². The van der Waals surface area contributed by atoms with Gasteiger partial charge in [0.2, 0.25) is 0 Å². The molecule has 210 valence electrons. The first kappa shape index (κ1) is 28.9. The maximum atomic E-state index is 13.9. The summed E-state index contributed by atoms with van der Waals surface area (Å²) in [6, 6.07) is 16.9. The second kappa shape index (κ2) is 11.6. The first-order chi connectivity index (χ1) is 18.9. The lowest BCUT2D eigenvalue weighted by atomic mass is 9.86. The lowest BCUT2D eigenvalue weighted by Crippen LogP contribution is -2.55. The molecule has 8 nitrogen and oxygen atoms in total. The Hall–Kier alpha value is -4.07. The average Bonchev–Trinajstić information content (AvgIpc) is 2.95. The first-order valence-corrected chi connectivity index (χ1v) is 13.7. The molecule has 0 radical (unpaired) electrons. The number of ether oxygens (including phenoxy) is 1. The van der Waals surface area contributed by atoms with Gasteiger partial charge < -0.3 is 14.5 Å². The highest BCUT2D eigenvalue weighted by Gasteiger charge is 2.35. The normalized spacial score (nSPS) is 15.8. The van der Waals surface area contributed by atoms with E-state index in [4.69, 9.17) is 4.74 Å². The Morgan fingerprint density at radius 1 is 0.925 bits per heavy atom. The summed E-state index contributed by atoms with van der Waals surface area (Å²) in [6.07, 6.45) is 0. The molecule has 2 aromatic carbocycles.